The van der Waals surface area contributed by atoms with Gasteiger partial charge >= 0.3 is 0 Å². The van der Waals surface area contributed by atoms with Crippen molar-refractivity contribution in [2.75, 3.05) is 12.4 Å². The molecule has 3 aromatic carbocycles. The lowest BCUT2D eigenvalue weighted by atomic mass is 10.2. The Morgan fingerprint density at radius 1 is 0.871 bits per heavy atom. The summed E-state index contributed by atoms with van der Waals surface area (Å²) in [4.78, 5) is 0. The molecule has 2 heterocycles. The monoisotopic (exact) mass is 427 g/mol. The Kier molecular flexibility index (Phi) is 5.71. The average Bonchev–Trinajstić information content (AvgIpc) is 3.26. The molecule has 0 spiro atoms. The molecule has 5 rings (SSSR count). The van der Waals surface area contributed by atoms with Crippen LogP contribution in [0.4, 0.5) is 0 Å². The smallest absolute Gasteiger partial charge is 0.196 e. The summed E-state index contributed by atoms with van der Waals surface area (Å²) in [5.41, 5.74) is 2.18. The molecule has 1 aromatic heterocycles. The molecule has 4 aromatic rings. The second-order valence-electron chi connectivity index (χ2n) is 7.00. The van der Waals surface area contributed by atoms with Gasteiger partial charge in [-0.1, -0.05) is 84.6 Å². The fraction of sp³-hybridized carbons (Fsp3) is 0.120. The highest BCUT2D eigenvalue weighted by molar-refractivity contribution is 7.99. The zero-order valence-corrected chi connectivity index (χ0v) is 17.6. The summed E-state index contributed by atoms with van der Waals surface area (Å²) in [6.07, 6.45) is 3.92. The molecule has 0 saturated carbocycles. The predicted molar refractivity (Wildman–Crippen MR) is 123 cm³/mol. The molecule has 0 radical (unpaired) electrons. The van der Waals surface area contributed by atoms with Crippen LogP contribution in [0.5, 0.6) is 11.5 Å². The maximum absolute atomic E-state index is 6.21. The summed E-state index contributed by atoms with van der Waals surface area (Å²) < 4.78 is 14.2. The molecule has 0 N–H and O–H groups in total. The van der Waals surface area contributed by atoms with Gasteiger partial charge in [0.2, 0.25) is 0 Å². The van der Waals surface area contributed by atoms with Crippen LogP contribution in [0.3, 0.4) is 0 Å². The second-order valence-corrected chi connectivity index (χ2v) is 7.99. The molecule has 0 saturated heterocycles. The topological polar surface area (TPSA) is 49.2 Å². The van der Waals surface area contributed by atoms with E-state index in [2.05, 4.69) is 39.0 Å². The van der Waals surface area contributed by atoms with E-state index in [1.54, 1.807) is 11.8 Å². The molecule has 154 valence electrons. The van der Waals surface area contributed by atoms with E-state index in [0.717, 1.165) is 33.9 Å². The predicted octanol–water partition coefficient (Wildman–Crippen LogP) is 5.59. The van der Waals surface area contributed by atoms with Crippen molar-refractivity contribution in [3.8, 4) is 17.2 Å². The van der Waals surface area contributed by atoms with E-state index in [0.29, 0.717) is 6.61 Å². The van der Waals surface area contributed by atoms with Crippen LogP contribution in [0.1, 0.15) is 17.5 Å². The van der Waals surface area contributed by atoms with Crippen LogP contribution in [-0.2, 0) is 0 Å². The van der Waals surface area contributed by atoms with Crippen LogP contribution in [0.2, 0.25) is 0 Å². The van der Waals surface area contributed by atoms with Crippen LogP contribution in [0.15, 0.2) is 96.2 Å². The molecule has 0 bridgehead atoms. The Bertz CT molecular complexity index is 1180. The molecular formula is C25H21N3O2S. The first-order valence-corrected chi connectivity index (χ1v) is 11.1. The Morgan fingerprint density at radius 2 is 1.58 bits per heavy atom. The third-order valence-electron chi connectivity index (χ3n) is 4.89. The first kappa shape index (κ1) is 19.5. The first-order chi connectivity index (χ1) is 15.4. The molecule has 0 unspecified atom stereocenters. The summed E-state index contributed by atoms with van der Waals surface area (Å²) in [6.45, 7) is 0.389. The second kappa shape index (κ2) is 9.10. The fourth-order valence-corrected chi connectivity index (χ4v) is 4.19. The van der Waals surface area contributed by atoms with Gasteiger partial charge in [-0.3, -0.25) is 4.57 Å². The Labute approximate surface area is 185 Å². The minimum Gasteiger partial charge on any atom is -0.485 e. The molecule has 1 aliphatic rings. The van der Waals surface area contributed by atoms with E-state index in [9.17, 15) is 0 Å². The number of para-hydroxylation sites is 3. The van der Waals surface area contributed by atoms with E-state index in [4.69, 9.17) is 9.47 Å². The number of ether oxygens (including phenoxy) is 2. The quantitative estimate of drug-likeness (QED) is 0.376. The maximum Gasteiger partial charge on any atom is 0.196 e. The van der Waals surface area contributed by atoms with Crippen molar-refractivity contribution in [1.82, 2.24) is 14.8 Å². The number of hydrogen-bond donors (Lipinski definition) is 0. The van der Waals surface area contributed by atoms with Crippen molar-refractivity contribution in [3.63, 3.8) is 0 Å². The van der Waals surface area contributed by atoms with E-state index < -0.39 is 0 Å². The van der Waals surface area contributed by atoms with Gasteiger partial charge in [0.05, 0.1) is 0 Å². The minimum absolute atomic E-state index is 0.336. The average molecular weight is 428 g/mol. The number of fused-ring (bicyclic) bond motifs is 1. The van der Waals surface area contributed by atoms with Crippen molar-refractivity contribution in [2.45, 2.75) is 11.3 Å². The minimum atomic E-state index is -0.336. The van der Waals surface area contributed by atoms with Gasteiger partial charge in [-0.2, -0.15) is 0 Å². The van der Waals surface area contributed by atoms with Gasteiger partial charge in [0.25, 0.3) is 0 Å². The van der Waals surface area contributed by atoms with Crippen LogP contribution < -0.4 is 9.47 Å². The van der Waals surface area contributed by atoms with Gasteiger partial charge < -0.3 is 9.47 Å². The molecule has 1 atom stereocenters. The van der Waals surface area contributed by atoms with E-state index in [1.807, 2.05) is 72.8 Å². The highest BCUT2D eigenvalue weighted by Gasteiger charge is 2.29. The highest BCUT2D eigenvalue weighted by Crippen LogP contribution is 2.36. The standard InChI is InChI=1S/C25H21N3O2S/c1-3-10-19(11-4-1)12-9-17-31-25-27-26-24(28(25)20-13-5-2-6-14-20)23-18-29-21-15-7-8-16-22(21)30-23/h1-16,23H,17-18H2/b12-9+/t23-/m1/s1. The number of thioether (sulfide) groups is 1. The largest absolute Gasteiger partial charge is 0.485 e. The zero-order chi connectivity index (χ0) is 20.9. The maximum atomic E-state index is 6.21. The van der Waals surface area contributed by atoms with E-state index >= 15 is 0 Å². The Morgan fingerprint density at radius 3 is 2.39 bits per heavy atom. The molecule has 31 heavy (non-hydrogen) atoms. The lowest BCUT2D eigenvalue weighted by molar-refractivity contribution is 0.0835. The van der Waals surface area contributed by atoms with Crippen molar-refractivity contribution < 1.29 is 9.47 Å². The van der Waals surface area contributed by atoms with E-state index in [-0.39, 0.29) is 6.10 Å². The Balaban J connectivity index is 1.40. The van der Waals surface area contributed by atoms with Crippen LogP contribution in [0, 0.1) is 0 Å². The summed E-state index contributed by atoms with van der Waals surface area (Å²) >= 11 is 1.64. The zero-order valence-electron chi connectivity index (χ0n) is 16.8. The third-order valence-corrected chi connectivity index (χ3v) is 5.77. The molecular weight excluding hydrogens is 406 g/mol. The molecule has 0 aliphatic carbocycles. The Hall–Kier alpha value is -3.51. The van der Waals surface area contributed by atoms with Crippen LogP contribution >= 0.6 is 11.8 Å². The summed E-state index contributed by atoms with van der Waals surface area (Å²) in [7, 11) is 0. The van der Waals surface area contributed by atoms with Crippen LogP contribution in [0.25, 0.3) is 11.8 Å². The number of nitrogens with zero attached hydrogens (tertiary/aromatic N) is 3. The number of benzene rings is 3. The summed E-state index contributed by atoms with van der Waals surface area (Å²) in [6, 6.07) is 28.1. The third kappa shape index (κ3) is 4.34. The lowest BCUT2D eigenvalue weighted by Gasteiger charge is -2.26. The van der Waals surface area contributed by atoms with Crippen molar-refractivity contribution in [2.24, 2.45) is 0 Å². The van der Waals surface area contributed by atoms with Gasteiger partial charge in [-0.05, 0) is 29.8 Å². The summed E-state index contributed by atoms with van der Waals surface area (Å²) in [5.74, 6) is 2.99. The number of aromatic nitrogens is 3. The molecule has 0 amide bonds. The summed E-state index contributed by atoms with van der Waals surface area (Å²) in [5, 5.41) is 9.78. The number of hydrogen-bond acceptors (Lipinski definition) is 5. The van der Waals surface area contributed by atoms with Crippen molar-refractivity contribution in [1.29, 1.82) is 0 Å². The van der Waals surface area contributed by atoms with Gasteiger partial charge in [0.15, 0.2) is 28.6 Å². The van der Waals surface area contributed by atoms with Crippen LogP contribution in [-0.4, -0.2) is 27.1 Å². The molecule has 0 fully saturated rings. The van der Waals surface area contributed by atoms with Gasteiger partial charge in [-0.25, -0.2) is 0 Å². The molecule has 5 nitrogen and oxygen atoms in total. The van der Waals surface area contributed by atoms with Gasteiger partial charge in [0, 0.05) is 11.4 Å². The van der Waals surface area contributed by atoms with Crippen molar-refractivity contribution >= 4 is 17.8 Å². The molecule has 1 aliphatic heterocycles. The first-order valence-electron chi connectivity index (χ1n) is 10.1. The fourth-order valence-electron chi connectivity index (χ4n) is 3.42. The van der Waals surface area contributed by atoms with Gasteiger partial charge in [-0.15, -0.1) is 10.2 Å². The van der Waals surface area contributed by atoms with E-state index in [1.165, 1.54) is 5.56 Å². The van der Waals surface area contributed by atoms with Crippen molar-refractivity contribution in [3.05, 3.63) is 102 Å². The lowest BCUT2D eigenvalue weighted by Crippen LogP contribution is -2.24. The number of rotatable bonds is 6. The SMILES string of the molecule is C(=C\c1ccccc1)/CSc1nnc([C@H]2COc3ccccc3O2)n1-c1ccccc1. The normalized spacial score (nSPS) is 15.3. The van der Waals surface area contributed by atoms with Gasteiger partial charge in [0.1, 0.15) is 6.61 Å². The molecule has 6 heteroatoms. The highest BCUT2D eigenvalue weighted by atomic mass is 32.2.